The second kappa shape index (κ2) is 5.10. The Labute approximate surface area is 146 Å². The SMILES string of the molecule is COc1cc2c(ccc3cc4c(ccc5sc(OC)cc54)cc32)s1. The van der Waals surface area contributed by atoms with Crippen LogP contribution in [0.15, 0.2) is 48.5 Å². The maximum atomic E-state index is 5.41. The van der Waals surface area contributed by atoms with E-state index in [2.05, 4.69) is 48.5 Å². The molecular weight excluding hydrogens is 336 g/mol. The number of benzene rings is 3. The minimum atomic E-state index is 0.954. The smallest absolute Gasteiger partial charge is 0.174 e. The molecule has 5 aromatic rings. The Morgan fingerprint density at radius 3 is 1.46 bits per heavy atom. The summed E-state index contributed by atoms with van der Waals surface area (Å²) < 4.78 is 13.4. The van der Waals surface area contributed by atoms with Gasteiger partial charge in [-0.05, 0) is 45.8 Å². The molecule has 0 saturated carbocycles. The van der Waals surface area contributed by atoms with Crippen molar-refractivity contribution in [1.29, 1.82) is 0 Å². The summed E-state index contributed by atoms with van der Waals surface area (Å²) in [4.78, 5) is 0. The van der Waals surface area contributed by atoms with Crippen molar-refractivity contribution >= 4 is 64.4 Å². The maximum absolute atomic E-state index is 5.41. The minimum absolute atomic E-state index is 0.954. The van der Waals surface area contributed by atoms with E-state index >= 15 is 0 Å². The topological polar surface area (TPSA) is 18.5 Å². The molecule has 4 heteroatoms. The van der Waals surface area contributed by atoms with Gasteiger partial charge in [0.25, 0.3) is 0 Å². The third kappa shape index (κ3) is 1.93. The highest BCUT2D eigenvalue weighted by Crippen LogP contribution is 2.40. The van der Waals surface area contributed by atoms with E-state index < -0.39 is 0 Å². The molecule has 0 amide bonds. The van der Waals surface area contributed by atoms with Crippen molar-refractivity contribution in [3.05, 3.63) is 48.5 Å². The lowest BCUT2D eigenvalue weighted by molar-refractivity contribution is 0.427. The lowest BCUT2D eigenvalue weighted by atomic mass is 9.99. The van der Waals surface area contributed by atoms with Crippen molar-refractivity contribution in [2.75, 3.05) is 14.2 Å². The molecule has 24 heavy (non-hydrogen) atoms. The molecule has 0 N–H and O–H groups in total. The Hall–Kier alpha value is -2.30. The van der Waals surface area contributed by atoms with Gasteiger partial charge in [-0.1, -0.05) is 34.8 Å². The lowest BCUT2D eigenvalue weighted by Crippen LogP contribution is -1.78. The summed E-state index contributed by atoms with van der Waals surface area (Å²) in [6.07, 6.45) is 0. The normalized spacial score (nSPS) is 11.8. The molecule has 2 aromatic heterocycles. The Bertz CT molecular complexity index is 1130. The van der Waals surface area contributed by atoms with E-state index in [1.54, 1.807) is 36.9 Å². The van der Waals surface area contributed by atoms with E-state index in [9.17, 15) is 0 Å². The first-order valence-electron chi connectivity index (χ1n) is 7.67. The molecular formula is C20H14O2S2. The molecule has 0 spiro atoms. The van der Waals surface area contributed by atoms with Gasteiger partial charge >= 0.3 is 0 Å². The van der Waals surface area contributed by atoms with Crippen LogP contribution in [-0.4, -0.2) is 14.2 Å². The van der Waals surface area contributed by atoms with Gasteiger partial charge in [0.2, 0.25) is 0 Å². The zero-order chi connectivity index (χ0) is 16.3. The van der Waals surface area contributed by atoms with E-state index in [1.165, 1.54) is 41.7 Å². The Morgan fingerprint density at radius 2 is 1.04 bits per heavy atom. The zero-order valence-corrected chi connectivity index (χ0v) is 14.9. The number of methoxy groups -OCH3 is 2. The average Bonchev–Trinajstić information content (AvgIpc) is 3.23. The van der Waals surface area contributed by atoms with Gasteiger partial charge in [0.15, 0.2) is 10.1 Å². The first kappa shape index (κ1) is 14.1. The van der Waals surface area contributed by atoms with Crippen molar-refractivity contribution < 1.29 is 9.47 Å². The zero-order valence-electron chi connectivity index (χ0n) is 13.3. The minimum Gasteiger partial charge on any atom is -0.487 e. The fourth-order valence-electron chi connectivity index (χ4n) is 3.34. The summed E-state index contributed by atoms with van der Waals surface area (Å²) in [7, 11) is 3.45. The van der Waals surface area contributed by atoms with Crippen molar-refractivity contribution in [1.82, 2.24) is 0 Å². The highest BCUT2D eigenvalue weighted by Gasteiger charge is 2.10. The van der Waals surface area contributed by atoms with E-state index in [0.717, 1.165) is 10.1 Å². The van der Waals surface area contributed by atoms with Crippen LogP contribution in [0.1, 0.15) is 0 Å². The predicted octanol–water partition coefficient (Wildman–Crippen LogP) is 6.44. The van der Waals surface area contributed by atoms with Crippen molar-refractivity contribution in [3.63, 3.8) is 0 Å². The number of hydrogen-bond donors (Lipinski definition) is 0. The summed E-state index contributed by atoms with van der Waals surface area (Å²) in [5, 5.41) is 9.51. The molecule has 0 aliphatic carbocycles. The van der Waals surface area contributed by atoms with Gasteiger partial charge in [0.05, 0.1) is 14.2 Å². The van der Waals surface area contributed by atoms with Crippen LogP contribution in [0.4, 0.5) is 0 Å². The van der Waals surface area contributed by atoms with Crippen LogP contribution in [0.5, 0.6) is 10.1 Å². The highest BCUT2D eigenvalue weighted by molar-refractivity contribution is 7.21. The molecule has 3 aromatic carbocycles. The van der Waals surface area contributed by atoms with Crippen molar-refractivity contribution in [2.24, 2.45) is 0 Å². The summed E-state index contributed by atoms with van der Waals surface area (Å²) in [6, 6.07) is 17.6. The monoisotopic (exact) mass is 350 g/mol. The largest absolute Gasteiger partial charge is 0.487 e. The molecule has 0 bridgehead atoms. The summed E-state index contributed by atoms with van der Waals surface area (Å²) in [5.41, 5.74) is 0. The van der Waals surface area contributed by atoms with Crippen molar-refractivity contribution in [2.45, 2.75) is 0 Å². The lowest BCUT2D eigenvalue weighted by Gasteiger charge is -2.05. The van der Waals surface area contributed by atoms with Crippen LogP contribution in [0, 0.1) is 0 Å². The Kier molecular flexibility index (Phi) is 2.99. The van der Waals surface area contributed by atoms with Gasteiger partial charge in [0, 0.05) is 32.3 Å². The van der Waals surface area contributed by atoms with Gasteiger partial charge in [-0.15, -0.1) is 0 Å². The van der Waals surface area contributed by atoms with Gasteiger partial charge in [0.1, 0.15) is 0 Å². The molecule has 0 unspecified atom stereocenters. The van der Waals surface area contributed by atoms with Crippen LogP contribution in [-0.2, 0) is 0 Å². The number of thiophene rings is 2. The van der Waals surface area contributed by atoms with Crippen LogP contribution in [0.3, 0.4) is 0 Å². The fraction of sp³-hybridized carbons (Fsp3) is 0.100. The number of ether oxygens (including phenoxy) is 2. The molecule has 5 rings (SSSR count). The number of hydrogen-bond acceptors (Lipinski definition) is 4. The Balaban J connectivity index is 1.90. The van der Waals surface area contributed by atoms with Crippen LogP contribution in [0.2, 0.25) is 0 Å². The molecule has 0 fully saturated rings. The summed E-state index contributed by atoms with van der Waals surface area (Å²) in [5.74, 6) is 0. The molecule has 0 aliphatic heterocycles. The van der Waals surface area contributed by atoms with Crippen LogP contribution >= 0.6 is 22.7 Å². The number of rotatable bonds is 2. The average molecular weight is 350 g/mol. The van der Waals surface area contributed by atoms with Gasteiger partial charge < -0.3 is 9.47 Å². The quantitative estimate of drug-likeness (QED) is 0.341. The second-order valence-electron chi connectivity index (χ2n) is 5.79. The molecule has 2 nitrogen and oxygen atoms in total. The van der Waals surface area contributed by atoms with E-state index in [1.807, 2.05) is 0 Å². The Morgan fingerprint density at radius 1 is 0.583 bits per heavy atom. The first-order chi connectivity index (χ1) is 11.8. The van der Waals surface area contributed by atoms with Gasteiger partial charge in [-0.3, -0.25) is 0 Å². The molecule has 0 aliphatic rings. The van der Waals surface area contributed by atoms with E-state index in [-0.39, 0.29) is 0 Å². The molecule has 0 radical (unpaired) electrons. The third-order valence-corrected chi connectivity index (χ3v) is 6.63. The van der Waals surface area contributed by atoms with Gasteiger partial charge in [-0.2, -0.15) is 0 Å². The molecule has 0 saturated heterocycles. The van der Waals surface area contributed by atoms with E-state index in [4.69, 9.17) is 9.47 Å². The summed E-state index contributed by atoms with van der Waals surface area (Å²) in [6.45, 7) is 0. The highest BCUT2D eigenvalue weighted by atomic mass is 32.1. The predicted molar refractivity (Wildman–Crippen MR) is 105 cm³/mol. The molecule has 0 atom stereocenters. The molecule has 2 heterocycles. The van der Waals surface area contributed by atoms with Gasteiger partial charge in [-0.25, -0.2) is 0 Å². The summed E-state index contributed by atoms with van der Waals surface area (Å²) >= 11 is 3.38. The van der Waals surface area contributed by atoms with Crippen molar-refractivity contribution in [3.8, 4) is 10.1 Å². The second-order valence-corrected chi connectivity index (χ2v) is 7.88. The first-order valence-corrected chi connectivity index (χ1v) is 9.31. The fourth-order valence-corrected chi connectivity index (χ4v) is 5.12. The standard InChI is InChI=1S/C20H14O2S2/c1-21-19-9-15-13-7-12-4-6-18-16(10-20(22-2)24-18)14(12)8-11(13)3-5-17(15)23-19/h3-10H,1-2H3. The maximum Gasteiger partial charge on any atom is 0.174 e. The molecule has 118 valence electrons. The van der Waals surface area contributed by atoms with Crippen LogP contribution < -0.4 is 9.47 Å². The number of fused-ring (bicyclic) bond motifs is 6. The third-order valence-electron chi connectivity index (χ3n) is 4.51. The van der Waals surface area contributed by atoms with Crippen LogP contribution in [0.25, 0.3) is 41.7 Å². The van der Waals surface area contributed by atoms with E-state index in [0.29, 0.717) is 0 Å².